The summed E-state index contributed by atoms with van der Waals surface area (Å²) in [5, 5.41) is 2.98. The van der Waals surface area contributed by atoms with Crippen molar-refractivity contribution in [3.63, 3.8) is 0 Å². The smallest absolute Gasteiger partial charge is 0.338 e. The fourth-order valence-corrected chi connectivity index (χ4v) is 6.47. The number of allylic oxidation sites excluding steroid dienone is 1. The molecule has 0 saturated heterocycles. The standard InChI is InChI=1S/C37H33N3O5S/c1-5-44-36(43)27-11-9-10-26(20-27)30-19-18-29(45-30)21-31-35(42)40-33(25-16-14-24(15-17-25)22(2)3)32(23(4)38-37(40)46-31)34(41)39-28-12-7-6-8-13-28/h6-22,33H,5H2,1-4H3,(H,39,41)/b31-21-. The number of carbonyl (C=O) groups is 2. The molecule has 46 heavy (non-hydrogen) atoms. The first kappa shape index (κ1) is 30.7. The molecule has 1 aliphatic rings. The quantitative estimate of drug-likeness (QED) is 0.199. The Bertz CT molecular complexity index is 2140. The molecule has 1 N–H and O–H groups in total. The van der Waals surface area contributed by atoms with E-state index >= 15 is 0 Å². The highest BCUT2D eigenvalue weighted by Crippen LogP contribution is 2.32. The summed E-state index contributed by atoms with van der Waals surface area (Å²) in [4.78, 5) is 45.4. The second-order valence-electron chi connectivity index (χ2n) is 11.2. The molecule has 0 saturated carbocycles. The third kappa shape index (κ3) is 6.14. The zero-order valence-corrected chi connectivity index (χ0v) is 26.8. The number of hydrogen-bond donors (Lipinski definition) is 1. The number of ether oxygens (including phenoxy) is 1. The second kappa shape index (κ2) is 13.0. The van der Waals surface area contributed by atoms with Gasteiger partial charge in [-0.05, 0) is 67.3 Å². The van der Waals surface area contributed by atoms with Gasteiger partial charge in [0.25, 0.3) is 11.5 Å². The van der Waals surface area contributed by atoms with Crippen LogP contribution in [-0.2, 0) is 9.53 Å². The van der Waals surface area contributed by atoms with Crippen LogP contribution in [0.1, 0.15) is 66.9 Å². The number of hydrogen-bond acceptors (Lipinski definition) is 7. The predicted molar refractivity (Wildman–Crippen MR) is 179 cm³/mol. The van der Waals surface area contributed by atoms with Crippen LogP contribution in [0.3, 0.4) is 0 Å². The summed E-state index contributed by atoms with van der Waals surface area (Å²) in [6.07, 6.45) is 1.69. The van der Waals surface area contributed by atoms with E-state index in [1.807, 2.05) is 60.7 Å². The molecule has 6 rings (SSSR count). The molecule has 0 spiro atoms. The lowest BCUT2D eigenvalue weighted by Gasteiger charge is -2.25. The van der Waals surface area contributed by atoms with E-state index in [9.17, 15) is 14.4 Å². The van der Waals surface area contributed by atoms with Crippen molar-refractivity contribution in [3.8, 4) is 11.3 Å². The summed E-state index contributed by atoms with van der Waals surface area (Å²) in [5.74, 6) is 0.625. The molecule has 1 atom stereocenters. The molecule has 1 amide bonds. The molecule has 2 aromatic heterocycles. The maximum Gasteiger partial charge on any atom is 0.338 e. The predicted octanol–water partition coefficient (Wildman–Crippen LogP) is 6.43. The number of fused-ring (bicyclic) bond motifs is 1. The minimum absolute atomic E-state index is 0.276. The van der Waals surface area contributed by atoms with Crippen molar-refractivity contribution in [2.75, 3.05) is 11.9 Å². The summed E-state index contributed by atoms with van der Waals surface area (Å²) < 4.78 is 13.2. The summed E-state index contributed by atoms with van der Waals surface area (Å²) in [7, 11) is 0. The largest absolute Gasteiger partial charge is 0.462 e. The first-order chi connectivity index (χ1) is 22.2. The molecule has 0 fully saturated rings. The van der Waals surface area contributed by atoms with E-state index in [1.165, 1.54) is 11.3 Å². The van der Waals surface area contributed by atoms with Crippen LogP contribution in [0, 0.1) is 0 Å². The van der Waals surface area contributed by atoms with Gasteiger partial charge in [-0.25, -0.2) is 9.79 Å². The molecule has 0 radical (unpaired) electrons. The van der Waals surface area contributed by atoms with Crippen molar-refractivity contribution in [1.82, 2.24) is 4.57 Å². The van der Waals surface area contributed by atoms with E-state index in [-0.39, 0.29) is 18.1 Å². The minimum Gasteiger partial charge on any atom is -0.462 e. The molecule has 0 bridgehead atoms. The zero-order valence-electron chi connectivity index (χ0n) is 25.9. The van der Waals surface area contributed by atoms with Gasteiger partial charge in [-0.1, -0.05) is 79.8 Å². The van der Waals surface area contributed by atoms with Gasteiger partial charge in [-0.15, -0.1) is 0 Å². The maximum atomic E-state index is 14.1. The van der Waals surface area contributed by atoms with Crippen LogP contribution < -0.4 is 20.2 Å². The number of benzene rings is 3. The number of nitrogens with zero attached hydrogens (tertiary/aromatic N) is 2. The lowest BCUT2D eigenvalue weighted by atomic mass is 9.93. The monoisotopic (exact) mass is 631 g/mol. The highest BCUT2D eigenvalue weighted by atomic mass is 32.1. The number of anilines is 1. The number of aromatic nitrogens is 1. The van der Waals surface area contributed by atoms with Gasteiger partial charge < -0.3 is 14.5 Å². The molecule has 5 aromatic rings. The normalized spacial score (nSPS) is 14.6. The third-order valence-electron chi connectivity index (χ3n) is 7.78. The minimum atomic E-state index is -0.680. The van der Waals surface area contributed by atoms with Gasteiger partial charge >= 0.3 is 5.97 Å². The summed E-state index contributed by atoms with van der Waals surface area (Å²) >= 11 is 1.24. The molecule has 0 aliphatic carbocycles. The average Bonchev–Trinajstić information content (AvgIpc) is 3.65. The van der Waals surface area contributed by atoms with Gasteiger partial charge in [0.1, 0.15) is 11.5 Å². The van der Waals surface area contributed by atoms with E-state index in [0.29, 0.717) is 54.9 Å². The number of amides is 1. The number of esters is 1. The van der Waals surface area contributed by atoms with Crippen molar-refractivity contribution >= 4 is 35.0 Å². The van der Waals surface area contributed by atoms with Crippen molar-refractivity contribution in [1.29, 1.82) is 0 Å². The van der Waals surface area contributed by atoms with Crippen LogP contribution in [0.4, 0.5) is 5.69 Å². The third-order valence-corrected chi connectivity index (χ3v) is 8.76. The molecular formula is C37H33N3O5S. The molecule has 232 valence electrons. The van der Waals surface area contributed by atoms with Crippen LogP contribution in [-0.4, -0.2) is 23.1 Å². The van der Waals surface area contributed by atoms with Gasteiger partial charge in [-0.3, -0.25) is 14.2 Å². The number of rotatable bonds is 8. The molecule has 1 unspecified atom stereocenters. The van der Waals surface area contributed by atoms with Gasteiger partial charge in [0.2, 0.25) is 0 Å². The van der Waals surface area contributed by atoms with E-state index in [1.54, 1.807) is 54.8 Å². The van der Waals surface area contributed by atoms with Crippen LogP contribution in [0.5, 0.6) is 0 Å². The van der Waals surface area contributed by atoms with Crippen LogP contribution in [0.25, 0.3) is 17.4 Å². The zero-order chi connectivity index (χ0) is 32.4. The Morgan fingerprint density at radius 3 is 2.50 bits per heavy atom. The maximum absolute atomic E-state index is 14.1. The number of nitrogens with one attached hydrogen (secondary N) is 1. The van der Waals surface area contributed by atoms with E-state index in [0.717, 1.165) is 11.1 Å². The lowest BCUT2D eigenvalue weighted by molar-refractivity contribution is -0.113. The molecule has 8 nitrogen and oxygen atoms in total. The molecule has 3 heterocycles. The average molecular weight is 632 g/mol. The first-order valence-corrected chi connectivity index (χ1v) is 15.9. The Kier molecular flexibility index (Phi) is 8.68. The van der Waals surface area contributed by atoms with Gasteiger partial charge in [0, 0.05) is 17.3 Å². The Morgan fingerprint density at radius 1 is 1.02 bits per heavy atom. The molecular weight excluding hydrogens is 598 g/mol. The number of carbonyl (C=O) groups excluding carboxylic acids is 2. The van der Waals surface area contributed by atoms with Crippen LogP contribution in [0.2, 0.25) is 0 Å². The number of para-hydroxylation sites is 1. The van der Waals surface area contributed by atoms with Gasteiger partial charge in [0.05, 0.1) is 34.0 Å². The van der Waals surface area contributed by atoms with Crippen molar-refractivity contribution in [2.24, 2.45) is 4.99 Å². The summed E-state index contributed by atoms with van der Waals surface area (Å²) in [6, 6.07) is 27.2. The molecule has 1 aliphatic heterocycles. The Balaban J connectivity index is 1.41. The highest BCUT2D eigenvalue weighted by molar-refractivity contribution is 7.07. The fourth-order valence-electron chi connectivity index (χ4n) is 5.44. The summed E-state index contributed by atoms with van der Waals surface area (Å²) in [6.45, 7) is 8.09. The SMILES string of the molecule is CCOC(=O)c1cccc(-c2ccc(/C=c3\sc4n(c3=O)C(c3ccc(C(C)C)cc3)C(C(=O)Nc3ccccc3)=C(C)N=4)o2)c1. The lowest BCUT2D eigenvalue weighted by Crippen LogP contribution is -2.40. The Morgan fingerprint density at radius 2 is 1.78 bits per heavy atom. The highest BCUT2D eigenvalue weighted by Gasteiger charge is 2.32. The van der Waals surface area contributed by atoms with Crippen molar-refractivity contribution in [2.45, 2.75) is 39.7 Å². The van der Waals surface area contributed by atoms with Crippen LogP contribution in [0.15, 0.2) is 116 Å². The first-order valence-electron chi connectivity index (χ1n) is 15.1. The van der Waals surface area contributed by atoms with Gasteiger partial charge in [0.15, 0.2) is 4.80 Å². The molecule has 3 aromatic carbocycles. The second-order valence-corrected chi connectivity index (χ2v) is 12.2. The Hall–Kier alpha value is -5.28. The van der Waals surface area contributed by atoms with E-state index in [2.05, 4.69) is 19.2 Å². The Labute approximate surface area is 270 Å². The number of thiazole rings is 1. The topological polar surface area (TPSA) is 103 Å². The van der Waals surface area contributed by atoms with E-state index in [4.69, 9.17) is 14.1 Å². The summed E-state index contributed by atoms with van der Waals surface area (Å²) in [5.41, 5.74) is 4.43. The van der Waals surface area contributed by atoms with Crippen molar-refractivity contribution in [3.05, 3.63) is 144 Å². The van der Waals surface area contributed by atoms with Crippen LogP contribution >= 0.6 is 11.3 Å². The van der Waals surface area contributed by atoms with Crippen molar-refractivity contribution < 1.29 is 18.7 Å². The number of furan rings is 1. The molecule has 9 heteroatoms. The van der Waals surface area contributed by atoms with Gasteiger partial charge in [-0.2, -0.15) is 0 Å². The van der Waals surface area contributed by atoms with E-state index < -0.39 is 12.0 Å². The fraction of sp³-hybridized carbons (Fsp3) is 0.189.